The molecule has 56 heavy (non-hydrogen) atoms. The molecule has 0 radical (unpaired) electrons. The van der Waals surface area contributed by atoms with Crippen molar-refractivity contribution in [3.63, 3.8) is 0 Å². The van der Waals surface area contributed by atoms with E-state index in [0.29, 0.717) is 28.5 Å². The minimum Gasteiger partial charge on any atom is -0.309 e. The van der Waals surface area contributed by atoms with Crippen molar-refractivity contribution in [2.24, 2.45) is 17.8 Å². The summed E-state index contributed by atoms with van der Waals surface area (Å²) in [6.07, 6.45) is 6.76. The first-order chi connectivity index (χ1) is 27.4. The van der Waals surface area contributed by atoms with Gasteiger partial charge in [-0.05, 0) is 120 Å². The first-order valence-corrected chi connectivity index (χ1v) is 20.0. The van der Waals surface area contributed by atoms with Gasteiger partial charge in [-0.15, -0.1) is 0 Å². The molecule has 4 atom stereocenters. The van der Waals surface area contributed by atoms with Crippen LogP contribution in [0.1, 0.15) is 57.1 Å². The third-order valence-corrected chi connectivity index (χ3v) is 12.4. The van der Waals surface area contributed by atoms with Crippen molar-refractivity contribution in [1.82, 2.24) is 19.5 Å². The van der Waals surface area contributed by atoms with Gasteiger partial charge in [0.25, 0.3) is 0 Å². The van der Waals surface area contributed by atoms with Crippen molar-refractivity contribution in [1.29, 1.82) is 5.26 Å². The summed E-state index contributed by atoms with van der Waals surface area (Å²) in [5.41, 5.74) is 10.9. The predicted octanol–water partition coefficient (Wildman–Crippen LogP) is 12.6. The molecule has 2 aromatic heterocycles. The van der Waals surface area contributed by atoms with Crippen LogP contribution in [0.5, 0.6) is 0 Å². The molecular formula is C51H43N5. The number of aromatic nitrogens is 4. The minimum atomic E-state index is 0.323. The van der Waals surface area contributed by atoms with Gasteiger partial charge in [0, 0.05) is 33.2 Å². The maximum Gasteiger partial charge on any atom is 0.164 e. The molecule has 272 valence electrons. The average Bonchev–Trinajstić information content (AvgIpc) is 3.57. The van der Waals surface area contributed by atoms with E-state index in [1.807, 2.05) is 42.5 Å². The van der Waals surface area contributed by atoms with Crippen LogP contribution in [-0.4, -0.2) is 19.5 Å². The van der Waals surface area contributed by atoms with Crippen LogP contribution in [0.15, 0.2) is 146 Å². The summed E-state index contributed by atoms with van der Waals surface area (Å²) in [5, 5.41) is 11.8. The van der Waals surface area contributed by atoms with Crippen molar-refractivity contribution in [3.05, 3.63) is 157 Å². The summed E-state index contributed by atoms with van der Waals surface area (Å²) < 4.78 is 2.37. The van der Waals surface area contributed by atoms with E-state index in [9.17, 15) is 5.26 Å². The van der Waals surface area contributed by atoms with Crippen LogP contribution in [0.25, 0.3) is 72.8 Å². The van der Waals surface area contributed by atoms with Gasteiger partial charge >= 0.3 is 0 Å². The lowest BCUT2D eigenvalue weighted by atomic mass is 9.54. The van der Waals surface area contributed by atoms with Crippen molar-refractivity contribution >= 4 is 21.8 Å². The lowest BCUT2D eigenvalue weighted by Crippen LogP contribution is -2.42. The van der Waals surface area contributed by atoms with E-state index in [2.05, 4.69) is 115 Å². The highest BCUT2D eigenvalue weighted by Gasteiger charge is 2.45. The second-order valence-corrected chi connectivity index (χ2v) is 16.5. The van der Waals surface area contributed by atoms with Crippen molar-refractivity contribution in [2.75, 3.05) is 0 Å². The smallest absolute Gasteiger partial charge is 0.164 e. The summed E-state index contributed by atoms with van der Waals surface area (Å²) >= 11 is 0. The average molecular weight is 726 g/mol. The maximum absolute atomic E-state index is 9.40. The Hall–Kier alpha value is -6.38. The third-order valence-electron chi connectivity index (χ3n) is 12.4. The van der Waals surface area contributed by atoms with Gasteiger partial charge in [-0.2, -0.15) is 5.26 Å². The highest BCUT2D eigenvalue weighted by atomic mass is 15.0. The van der Waals surface area contributed by atoms with Gasteiger partial charge in [0.15, 0.2) is 17.5 Å². The molecular weight excluding hydrogens is 683 g/mol. The van der Waals surface area contributed by atoms with E-state index in [1.54, 1.807) is 12.1 Å². The molecule has 0 amide bonds. The summed E-state index contributed by atoms with van der Waals surface area (Å²) in [4.78, 5) is 14.9. The van der Waals surface area contributed by atoms with Crippen LogP contribution < -0.4 is 0 Å². The lowest BCUT2D eigenvalue weighted by Gasteiger charge is -2.50. The molecule has 0 spiro atoms. The number of fused-ring (bicyclic) bond motifs is 5. The number of rotatable bonds is 6. The molecule has 2 saturated carbocycles. The van der Waals surface area contributed by atoms with Gasteiger partial charge in [-0.3, -0.25) is 0 Å². The Morgan fingerprint density at radius 3 is 1.84 bits per heavy atom. The Balaban J connectivity index is 1.07. The topological polar surface area (TPSA) is 67.4 Å². The van der Waals surface area contributed by atoms with E-state index < -0.39 is 0 Å². The Labute approximate surface area is 328 Å². The molecule has 10 rings (SSSR count). The Kier molecular flexibility index (Phi) is 8.37. The van der Waals surface area contributed by atoms with Crippen LogP contribution in [0.4, 0.5) is 0 Å². The van der Waals surface area contributed by atoms with Gasteiger partial charge in [0.1, 0.15) is 0 Å². The molecule has 5 heteroatoms. The van der Waals surface area contributed by atoms with Crippen LogP contribution >= 0.6 is 0 Å². The van der Waals surface area contributed by atoms with Gasteiger partial charge < -0.3 is 4.57 Å². The van der Waals surface area contributed by atoms with Crippen molar-refractivity contribution in [2.45, 2.75) is 51.4 Å². The van der Waals surface area contributed by atoms with E-state index in [0.717, 1.165) is 51.2 Å². The summed E-state index contributed by atoms with van der Waals surface area (Å²) in [6.45, 7) is 4.94. The molecule has 2 fully saturated rings. The maximum atomic E-state index is 9.40. The van der Waals surface area contributed by atoms with Gasteiger partial charge in [0.2, 0.25) is 0 Å². The summed E-state index contributed by atoms with van der Waals surface area (Å²) in [6, 6.07) is 53.3. The molecule has 0 aliphatic heterocycles. The van der Waals surface area contributed by atoms with E-state index in [1.165, 1.54) is 59.6 Å². The number of para-hydroxylation sites is 1. The van der Waals surface area contributed by atoms with Crippen molar-refractivity contribution in [3.8, 4) is 57.0 Å². The first-order valence-electron chi connectivity index (χ1n) is 20.0. The fraction of sp³-hybridized carbons (Fsp3) is 0.216. The zero-order chi connectivity index (χ0) is 37.8. The molecule has 5 nitrogen and oxygen atoms in total. The second kappa shape index (κ2) is 13.7. The number of hydrogen-bond acceptors (Lipinski definition) is 4. The number of nitriles is 1. The summed E-state index contributed by atoms with van der Waals surface area (Å²) in [7, 11) is 0. The van der Waals surface area contributed by atoms with E-state index >= 15 is 0 Å². The molecule has 2 aliphatic carbocycles. The van der Waals surface area contributed by atoms with Crippen LogP contribution in [0.3, 0.4) is 0 Å². The monoisotopic (exact) mass is 725 g/mol. The number of benzene rings is 6. The SMILES string of the molecule is C[C@@H]1CC2C[C@H](C)CC(c3ccc(-c4ccc5c6ccccc6n(-c6cccc(-c7nc(-c8ccccc8)nc(-c8ccc(C#N)cc8)n7)c6)c5c4)cc3)(C2)C1. The molecule has 0 saturated heterocycles. The van der Waals surface area contributed by atoms with E-state index in [-0.39, 0.29) is 0 Å². The zero-order valence-corrected chi connectivity index (χ0v) is 31.9. The van der Waals surface area contributed by atoms with Crippen molar-refractivity contribution < 1.29 is 0 Å². The lowest BCUT2D eigenvalue weighted by molar-refractivity contribution is 0.0780. The number of hydrogen-bond donors (Lipinski definition) is 0. The second-order valence-electron chi connectivity index (χ2n) is 16.5. The van der Waals surface area contributed by atoms with Crippen LogP contribution in [0, 0.1) is 29.1 Å². The molecule has 2 aliphatic rings. The normalized spacial score (nSPS) is 20.6. The van der Waals surface area contributed by atoms with Crippen LogP contribution in [0.2, 0.25) is 0 Å². The first kappa shape index (κ1) is 34.1. The Morgan fingerprint density at radius 2 is 1.12 bits per heavy atom. The number of nitrogens with zero attached hydrogens (tertiary/aromatic N) is 5. The minimum absolute atomic E-state index is 0.323. The highest BCUT2D eigenvalue weighted by Crippen LogP contribution is 2.54. The Bertz CT molecular complexity index is 2760. The third kappa shape index (κ3) is 6.07. The molecule has 0 N–H and O–H groups in total. The fourth-order valence-electron chi connectivity index (χ4n) is 10.3. The van der Waals surface area contributed by atoms with Gasteiger partial charge in [0.05, 0.1) is 22.7 Å². The fourth-order valence-corrected chi connectivity index (χ4v) is 10.3. The van der Waals surface area contributed by atoms with Gasteiger partial charge in [-0.25, -0.2) is 15.0 Å². The quantitative estimate of drug-likeness (QED) is 0.171. The van der Waals surface area contributed by atoms with E-state index in [4.69, 9.17) is 15.0 Å². The molecule has 6 aromatic carbocycles. The standard InChI is InChI=1S/C51H43N5/c1-33-25-36-26-34(2)30-51(29-33,31-36)42-22-19-37(20-23-42)40-21-24-45-44-13-6-7-14-46(44)56(47(45)28-40)43-12-8-11-41(27-43)50-54-48(38-9-4-3-5-10-38)53-49(55-50)39-17-15-35(32-52)16-18-39/h3-24,27-28,33-34,36H,25-26,29-31H2,1-2H3/t33-,34+,36?,51?. The van der Waals surface area contributed by atoms with Crippen LogP contribution in [-0.2, 0) is 5.41 Å². The summed E-state index contributed by atoms with van der Waals surface area (Å²) in [5.74, 6) is 4.21. The molecule has 2 unspecified atom stereocenters. The Morgan fingerprint density at radius 1 is 0.536 bits per heavy atom. The molecule has 2 bridgehead atoms. The largest absolute Gasteiger partial charge is 0.309 e. The predicted molar refractivity (Wildman–Crippen MR) is 227 cm³/mol. The van der Waals surface area contributed by atoms with Gasteiger partial charge in [-0.1, -0.05) is 111 Å². The zero-order valence-electron chi connectivity index (χ0n) is 31.9. The molecule has 2 heterocycles. The molecule has 8 aromatic rings. The highest BCUT2D eigenvalue weighted by molar-refractivity contribution is 6.10.